The number of amides is 1. The van der Waals surface area contributed by atoms with Crippen LogP contribution in [0.15, 0.2) is 53.4 Å². The van der Waals surface area contributed by atoms with Crippen molar-refractivity contribution in [2.75, 3.05) is 25.1 Å². The Balaban J connectivity index is 1.77. The smallest absolute Gasteiger partial charge is 0.293 e. The fourth-order valence-electron chi connectivity index (χ4n) is 3.01. The molecule has 9 nitrogen and oxygen atoms in total. The van der Waals surface area contributed by atoms with Crippen LogP contribution in [0.5, 0.6) is 0 Å². The van der Waals surface area contributed by atoms with Crippen molar-refractivity contribution in [3.05, 3.63) is 64.2 Å². The fraction of sp³-hybridized carbons (Fsp3) is 0.316. The van der Waals surface area contributed by atoms with Crippen molar-refractivity contribution < 1.29 is 22.9 Å². The first-order valence-corrected chi connectivity index (χ1v) is 10.6. The number of hydrogen-bond acceptors (Lipinski definition) is 7. The molecule has 0 aromatic heterocycles. The standard InChI is InChI=1S/C19H21N3O6S/c23-19(15-4-2-1-3-5-15)21-29(26,27)16-6-7-17(18(12-16)22(24)25)20-13-14-8-10-28-11-9-14/h1-7,12,14,20H,8-11,13H2,(H,21,23). The minimum atomic E-state index is -4.26. The Morgan fingerprint density at radius 3 is 2.48 bits per heavy atom. The average Bonchev–Trinajstić information content (AvgIpc) is 2.73. The lowest BCUT2D eigenvalue weighted by atomic mass is 10.0. The van der Waals surface area contributed by atoms with Gasteiger partial charge in [-0.05, 0) is 43.0 Å². The summed E-state index contributed by atoms with van der Waals surface area (Å²) in [5, 5.41) is 14.5. The van der Waals surface area contributed by atoms with E-state index >= 15 is 0 Å². The summed E-state index contributed by atoms with van der Waals surface area (Å²) in [6.45, 7) is 1.85. The highest BCUT2D eigenvalue weighted by Gasteiger charge is 2.24. The summed E-state index contributed by atoms with van der Waals surface area (Å²) in [6, 6.07) is 11.4. The van der Waals surface area contributed by atoms with Gasteiger partial charge in [-0.25, -0.2) is 13.1 Å². The van der Waals surface area contributed by atoms with Gasteiger partial charge in [0.25, 0.3) is 21.6 Å². The molecule has 0 radical (unpaired) electrons. The third-order valence-electron chi connectivity index (χ3n) is 4.66. The summed E-state index contributed by atoms with van der Waals surface area (Å²) in [4.78, 5) is 22.6. The molecule has 0 spiro atoms. The van der Waals surface area contributed by atoms with Crippen LogP contribution in [0.2, 0.25) is 0 Å². The molecule has 2 aromatic carbocycles. The summed E-state index contributed by atoms with van der Waals surface area (Å²) in [5.41, 5.74) is 0.0299. The second-order valence-corrected chi connectivity index (χ2v) is 8.36. The normalized spacial score (nSPS) is 14.9. The number of anilines is 1. The topological polar surface area (TPSA) is 128 Å². The monoisotopic (exact) mass is 419 g/mol. The van der Waals surface area contributed by atoms with Crippen LogP contribution in [0.4, 0.5) is 11.4 Å². The van der Waals surface area contributed by atoms with Gasteiger partial charge in [-0.1, -0.05) is 18.2 Å². The third kappa shape index (κ3) is 5.30. The fourth-order valence-corrected chi connectivity index (χ4v) is 4.01. The molecule has 1 aliphatic heterocycles. The van der Waals surface area contributed by atoms with Crippen molar-refractivity contribution in [2.24, 2.45) is 5.92 Å². The molecular weight excluding hydrogens is 398 g/mol. The largest absolute Gasteiger partial charge is 0.381 e. The van der Waals surface area contributed by atoms with E-state index in [4.69, 9.17) is 4.74 Å². The number of rotatable bonds is 7. The maximum Gasteiger partial charge on any atom is 0.293 e. The van der Waals surface area contributed by atoms with E-state index in [1.165, 1.54) is 24.3 Å². The van der Waals surface area contributed by atoms with Gasteiger partial charge in [0.1, 0.15) is 5.69 Å². The number of nitro groups is 1. The molecule has 0 saturated carbocycles. The highest BCUT2D eigenvalue weighted by atomic mass is 32.2. The van der Waals surface area contributed by atoms with Gasteiger partial charge in [0, 0.05) is 31.4 Å². The molecule has 3 rings (SSSR count). The van der Waals surface area contributed by atoms with Crippen molar-refractivity contribution in [3.63, 3.8) is 0 Å². The number of carbonyl (C=O) groups excluding carboxylic acids is 1. The lowest BCUT2D eigenvalue weighted by Gasteiger charge is -2.22. The Labute approximate surface area is 168 Å². The molecule has 0 unspecified atom stereocenters. The predicted octanol–water partition coefficient (Wildman–Crippen LogP) is 2.55. The second kappa shape index (κ2) is 9.01. The number of nitro benzene ring substituents is 1. The Morgan fingerprint density at radius 1 is 1.14 bits per heavy atom. The molecule has 0 bridgehead atoms. The van der Waals surface area contributed by atoms with Crippen molar-refractivity contribution in [3.8, 4) is 0 Å². The Morgan fingerprint density at radius 2 is 1.83 bits per heavy atom. The number of carbonyl (C=O) groups is 1. The van der Waals surface area contributed by atoms with Crippen LogP contribution in [-0.2, 0) is 14.8 Å². The lowest BCUT2D eigenvalue weighted by molar-refractivity contribution is -0.384. The third-order valence-corrected chi connectivity index (χ3v) is 5.99. The van der Waals surface area contributed by atoms with Crippen molar-refractivity contribution in [1.29, 1.82) is 0 Å². The predicted molar refractivity (Wildman–Crippen MR) is 106 cm³/mol. The van der Waals surface area contributed by atoms with Crippen LogP contribution in [0.1, 0.15) is 23.2 Å². The quantitative estimate of drug-likeness (QED) is 0.521. The van der Waals surface area contributed by atoms with Crippen molar-refractivity contribution >= 4 is 27.3 Å². The zero-order chi connectivity index (χ0) is 20.9. The second-order valence-electron chi connectivity index (χ2n) is 6.67. The molecule has 10 heteroatoms. The Kier molecular flexibility index (Phi) is 6.45. The molecule has 2 N–H and O–H groups in total. The number of benzene rings is 2. The van der Waals surface area contributed by atoms with E-state index < -0.39 is 20.9 Å². The van der Waals surface area contributed by atoms with Crippen molar-refractivity contribution in [2.45, 2.75) is 17.7 Å². The zero-order valence-corrected chi connectivity index (χ0v) is 16.4. The molecule has 1 saturated heterocycles. The molecule has 0 aliphatic carbocycles. The molecule has 2 aromatic rings. The van der Waals surface area contributed by atoms with Crippen LogP contribution in [0, 0.1) is 16.0 Å². The molecule has 1 aliphatic rings. The van der Waals surface area contributed by atoms with E-state index in [1.807, 2.05) is 4.72 Å². The summed E-state index contributed by atoms with van der Waals surface area (Å²) >= 11 is 0. The Bertz CT molecular complexity index is 988. The van der Waals surface area contributed by atoms with E-state index in [1.54, 1.807) is 18.2 Å². The van der Waals surface area contributed by atoms with E-state index in [-0.39, 0.29) is 21.8 Å². The first-order chi connectivity index (χ1) is 13.9. The Hall–Kier alpha value is -2.98. The molecule has 154 valence electrons. The average molecular weight is 419 g/mol. The first kappa shape index (κ1) is 20.7. The minimum absolute atomic E-state index is 0.167. The van der Waals surface area contributed by atoms with Crippen LogP contribution >= 0.6 is 0 Å². The van der Waals surface area contributed by atoms with Crippen molar-refractivity contribution in [1.82, 2.24) is 4.72 Å². The van der Waals surface area contributed by atoms with Crippen LogP contribution in [0.3, 0.4) is 0 Å². The van der Waals surface area contributed by atoms with Crippen LogP contribution in [0.25, 0.3) is 0 Å². The minimum Gasteiger partial charge on any atom is -0.381 e. The van der Waals surface area contributed by atoms with Gasteiger partial charge in [0.2, 0.25) is 0 Å². The summed E-state index contributed by atoms with van der Waals surface area (Å²) in [7, 11) is -4.26. The van der Waals surface area contributed by atoms with Gasteiger partial charge in [-0.2, -0.15) is 0 Å². The number of sulfonamides is 1. The molecule has 1 amide bonds. The van der Waals surface area contributed by atoms with E-state index in [0.717, 1.165) is 18.9 Å². The van der Waals surface area contributed by atoms with Gasteiger partial charge in [-0.15, -0.1) is 0 Å². The SMILES string of the molecule is O=C(NS(=O)(=O)c1ccc(NCC2CCOCC2)c([N+](=O)[O-])c1)c1ccccc1. The first-order valence-electron chi connectivity index (χ1n) is 9.09. The summed E-state index contributed by atoms with van der Waals surface area (Å²) in [5.74, 6) is -0.480. The summed E-state index contributed by atoms with van der Waals surface area (Å²) in [6.07, 6.45) is 1.72. The summed E-state index contributed by atoms with van der Waals surface area (Å²) < 4.78 is 32.3. The van der Waals surface area contributed by atoms with E-state index in [2.05, 4.69) is 5.32 Å². The molecule has 1 fully saturated rings. The molecular formula is C19H21N3O6S. The number of hydrogen-bond donors (Lipinski definition) is 2. The van der Waals surface area contributed by atoms with Crippen LogP contribution < -0.4 is 10.0 Å². The van der Waals surface area contributed by atoms with Gasteiger partial charge < -0.3 is 10.1 Å². The van der Waals surface area contributed by atoms with Gasteiger partial charge in [-0.3, -0.25) is 14.9 Å². The van der Waals surface area contributed by atoms with Gasteiger partial charge in [0.15, 0.2) is 0 Å². The molecule has 0 atom stereocenters. The van der Waals surface area contributed by atoms with Gasteiger partial charge >= 0.3 is 0 Å². The van der Waals surface area contributed by atoms with Crippen LogP contribution in [-0.4, -0.2) is 39.0 Å². The highest BCUT2D eigenvalue weighted by molar-refractivity contribution is 7.90. The number of ether oxygens (including phenoxy) is 1. The van der Waals surface area contributed by atoms with E-state index in [9.17, 15) is 23.3 Å². The maximum absolute atomic E-state index is 12.5. The highest BCUT2D eigenvalue weighted by Crippen LogP contribution is 2.28. The maximum atomic E-state index is 12.5. The van der Waals surface area contributed by atoms with E-state index in [0.29, 0.717) is 25.7 Å². The van der Waals surface area contributed by atoms with Gasteiger partial charge in [0.05, 0.1) is 9.82 Å². The number of nitrogens with zero attached hydrogens (tertiary/aromatic N) is 1. The zero-order valence-electron chi connectivity index (χ0n) is 15.5. The number of nitrogens with one attached hydrogen (secondary N) is 2. The lowest BCUT2D eigenvalue weighted by Crippen LogP contribution is -2.30. The molecule has 1 heterocycles. The molecule has 29 heavy (non-hydrogen) atoms.